The number of nitrogens with one attached hydrogen (secondary N) is 2. The fraction of sp³-hybridized carbons (Fsp3) is 0.533. The summed E-state index contributed by atoms with van der Waals surface area (Å²) in [7, 11) is 0. The first kappa shape index (κ1) is 16.7. The summed E-state index contributed by atoms with van der Waals surface area (Å²) in [5, 5.41) is 6.93. The zero-order valence-corrected chi connectivity index (χ0v) is 14.9. The van der Waals surface area contributed by atoms with Gasteiger partial charge in [-0.3, -0.25) is 9.69 Å². The number of carbonyl (C=O) groups is 1. The first-order valence-electron chi connectivity index (χ1n) is 7.05. The molecule has 0 aromatic heterocycles. The van der Waals surface area contributed by atoms with Gasteiger partial charge in [-0.2, -0.15) is 0 Å². The molecule has 4 nitrogen and oxygen atoms in total. The number of hydrogen-bond donors (Lipinski definition) is 2. The van der Waals surface area contributed by atoms with Gasteiger partial charge in [-0.1, -0.05) is 11.6 Å². The Labute approximate surface area is 139 Å². The van der Waals surface area contributed by atoms with Crippen LogP contribution in [-0.2, 0) is 4.79 Å². The van der Waals surface area contributed by atoms with Gasteiger partial charge in [-0.15, -0.1) is 0 Å². The number of hydrogen-bond acceptors (Lipinski definition) is 3. The zero-order valence-electron chi connectivity index (χ0n) is 12.6. The van der Waals surface area contributed by atoms with Gasteiger partial charge in [0.1, 0.15) is 0 Å². The number of carbonyl (C=O) groups excluding carboxylic acids is 1. The minimum Gasteiger partial charge on any atom is -0.323 e. The number of piperazine rings is 1. The van der Waals surface area contributed by atoms with E-state index in [-0.39, 0.29) is 5.91 Å². The van der Waals surface area contributed by atoms with E-state index >= 15 is 0 Å². The Hall–Kier alpha value is -0.620. The van der Waals surface area contributed by atoms with Crippen LogP contribution in [0.15, 0.2) is 16.6 Å². The molecule has 0 atom stereocenters. The predicted octanol–water partition coefficient (Wildman–Crippen LogP) is 3.03. The first-order valence-corrected chi connectivity index (χ1v) is 8.22. The summed E-state index contributed by atoms with van der Waals surface area (Å²) in [5.74, 6) is -0.0231. The van der Waals surface area contributed by atoms with E-state index in [1.807, 2.05) is 26.8 Å². The van der Waals surface area contributed by atoms with E-state index in [2.05, 4.69) is 31.5 Å². The maximum absolute atomic E-state index is 12.6. The second-order valence-electron chi connectivity index (χ2n) is 5.83. The minimum absolute atomic E-state index is 0.0231. The summed E-state index contributed by atoms with van der Waals surface area (Å²) in [5.41, 5.74) is 1.13. The van der Waals surface area contributed by atoms with Gasteiger partial charge in [0.05, 0.1) is 11.2 Å². The van der Waals surface area contributed by atoms with Crippen LogP contribution in [0.5, 0.6) is 0 Å². The molecule has 0 bridgehead atoms. The highest BCUT2D eigenvalue weighted by Gasteiger charge is 2.35. The lowest BCUT2D eigenvalue weighted by Crippen LogP contribution is -2.58. The lowest BCUT2D eigenvalue weighted by atomic mass is 10.00. The molecule has 2 rings (SSSR count). The van der Waals surface area contributed by atoms with Gasteiger partial charge in [0.15, 0.2) is 0 Å². The molecular weight excluding hydrogens is 354 g/mol. The molecule has 21 heavy (non-hydrogen) atoms. The summed E-state index contributed by atoms with van der Waals surface area (Å²) >= 11 is 9.62. The molecule has 1 aromatic carbocycles. The molecule has 6 heteroatoms. The molecule has 0 unspecified atom stereocenters. The molecule has 0 aliphatic carbocycles. The summed E-state index contributed by atoms with van der Waals surface area (Å²) < 4.78 is 0.842. The Kier molecular flexibility index (Phi) is 5.30. The fourth-order valence-corrected chi connectivity index (χ4v) is 3.11. The van der Waals surface area contributed by atoms with Crippen LogP contribution in [0.2, 0.25) is 5.02 Å². The minimum atomic E-state index is -0.557. The Balaban J connectivity index is 2.15. The van der Waals surface area contributed by atoms with Crippen molar-refractivity contribution >= 4 is 39.1 Å². The largest absolute Gasteiger partial charge is 0.323 e. The van der Waals surface area contributed by atoms with Crippen LogP contribution >= 0.6 is 27.5 Å². The first-order chi connectivity index (χ1) is 9.82. The smallest absolute Gasteiger partial charge is 0.244 e. The molecule has 1 heterocycles. The van der Waals surface area contributed by atoms with Crippen molar-refractivity contribution in [3.05, 3.63) is 27.2 Å². The molecule has 1 saturated heterocycles. The molecule has 1 fully saturated rings. The van der Waals surface area contributed by atoms with Crippen LogP contribution in [0.3, 0.4) is 0 Å². The number of amides is 1. The summed E-state index contributed by atoms with van der Waals surface area (Å²) in [6.07, 6.45) is 0. The Morgan fingerprint density at radius 1 is 1.38 bits per heavy atom. The zero-order chi connectivity index (χ0) is 15.6. The monoisotopic (exact) mass is 373 g/mol. The molecule has 2 N–H and O–H groups in total. The standard InChI is InChI=1S/C15H21BrClN3O/c1-10-8-11(16)13(9-12(10)17)19-14(21)15(2,3)20-6-4-18-5-7-20/h8-9,18H,4-7H2,1-3H3,(H,19,21). The van der Waals surface area contributed by atoms with E-state index in [9.17, 15) is 4.79 Å². The molecule has 0 saturated carbocycles. The quantitative estimate of drug-likeness (QED) is 0.855. The van der Waals surface area contributed by atoms with Gasteiger partial charge < -0.3 is 10.6 Å². The van der Waals surface area contributed by atoms with E-state index in [1.165, 1.54) is 0 Å². The molecule has 0 radical (unpaired) electrons. The highest BCUT2D eigenvalue weighted by molar-refractivity contribution is 9.10. The van der Waals surface area contributed by atoms with E-state index in [4.69, 9.17) is 11.6 Å². The molecule has 1 amide bonds. The number of aryl methyl sites for hydroxylation is 1. The Morgan fingerprint density at radius 3 is 2.62 bits per heavy atom. The van der Waals surface area contributed by atoms with Gasteiger partial charge in [0.2, 0.25) is 5.91 Å². The van der Waals surface area contributed by atoms with E-state index in [0.717, 1.165) is 36.2 Å². The number of halogens is 2. The predicted molar refractivity (Wildman–Crippen MR) is 91.0 cm³/mol. The van der Waals surface area contributed by atoms with Gasteiger partial charge >= 0.3 is 0 Å². The summed E-state index contributed by atoms with van der Waals surface area (Å²) in [6, 6.07) is 3.70. The van der Waals surface area contributed by atoms with Crippen molar-refractivity contribution in [2.45, 2.75) is 26.3 Å². The third kappa shape index (κ3) is 3.77. The second kappa shape index (κ2) is 6.65. The van der Waals surface area contributed by atoms with Gasteiger partial charge in [0.25, 0.3) is 0 Å². The van der Waals surface area contributed by atoms with Crippen LogP contribution in [-0.4, -0.2) is 42.5 Å². The number of benzene rings is 1. The van der Waals surface area contributed by atoms with Gasteiger partial charge in [-0.25, -0.2) is 0 Å². The van der Waals surface area contributed by atoms with Crippen LogP contribution in [0.25, 0.3) is 0 Å². The van der Waals surface area contributed by atoms with Crippen LogP contribution in [0, 0.1) is 6.92 Å². The second-order valence-corrected chi connectivity index (χ2v) is 7.09. The van der Waals surface area contributed by atoms with E-state index in [0.29, 0.717) is 10.7 Å². The van der Waals surface area contributed by atoms with Crippen molar-refractivity contribution in [1.82, 2.24) is 10.2 Å². The molecule has 0 spiro atoms. The maximum atomic E-state index is 12.6. The number of rotatable bonds is 3. The number of nitrogens with zero attached hydrogens (tertiary/aromatic N) is 1. The topological polar surface area (TPSA) is 44.4 Å². The lowest BCUT2D eigenvalue weighted by Gasteiger charge is -2.39. The van der Waals surface area contributed by atoms with Gasteiger partial charge in [-0.05, 0) is 54.4 Å². The van der Waals surface area contributed by atoms with Crippen molar-refractivity contribution in [3.63, 3.8) is 0 Å². The van der Waals surface area contributed by atoms with Crippen LogP contribution in [0.4, 0.5) is 5.69 Å². The third-order valence-corrected chi connectivity index (χ3v) is 5.02. The third-order valence-electron chi connectivity index (χ3n) is 3.96. The molecular formula is C15H21BrClN3O. The Morgan fingerprint density at radius 2 is 2.00 bits per heavy atom. The number of anilines is 1. The molecule has 1 aromatic rings. The van der Waals surface area contributed by atoms with Crippen LogP contribution in [0.1, 0.15) is 19.4 Å². The summed E-state index contributed by atoms with van der Waals surface area (Å²) in [4.78, 5) is 14.8. The highest BCUT2D eigenvalue weighted by Crippen LogP contribution is 2.30. The fourth-order valence-electron chi connectivity index (χ4n) is 2.38. The van der Waals surface area contributed by atoms with E-state index in [1.54, 1.807) is 6.07 Å². The van der Waals surface area contributed by atoms with Crippen molar-refractivity contribution in [2.24, 2.45) is 0 Å². The molecule has 1 aliphatic heterocycles. The van der Waals surface area contributed by atoms with Gasteiger partial charge in [0, 0.05) is 35.7 Å². The average Bonchev–Trinajstić information content (AvgIpc) is 2.45. The average molecular weight is 375 g/mol. The van der Waals surface area contributed by atoms with Crippen molar-refractivity contribution < 1.29 is 4.79 Å². The molecule has 1 aliphatic rings. The van der Waals surface area contributed by atoms with E-state index < -0.39 is 5.54 Å². The Bertz CT molecular complexity index is 542. The molecule has 116 valence electrons. The van der Waals surface area contributed by atoms with Crippen LogP contribution < -0.4 is 10.6 Å². The normalized spacial score (nSPS) is 16.8. The highest BCUT2D eigenvalue weighted by atomic mass is 79.9. The summed E-state index contributed by atoms with van der Waals surface area (Å²) in [6.45, 7) is 9.41. The SMILES string of the molecule is Cc1cc(Br)c(NC(=O)C(C)(C)N2CCNCC2)cc1Cl. The van der Waals surface area contributed by atoms with Crippen molar-refractivity contribution in [2.75, 3.05) is 31.5 Å². The lowest BCUT2D eigenvalue weighted by molar-refractivity contribution is -0.126. The maximum Gasteiger partial charge on any atom is 0.244 e. The van der Waals surface area contributed by atoms with Crippen molar-refractivity contribution in [3.8, 4) is 0 Å². The van der Waals surface area contributed by atoms with Crippen molar-refractivity contribution in [1.29, 1.82) is 0 Å².